The molecule has 1 aromatic heterocycles. The number of ether oxygens (including phenoxy) is 1. The molecule has 1 aromatic carbocycles. The van der Waals surface area contributed by atoms with Gasteiger partial charge in [0.15, 0.2) is 6.10 Å². The SMILES string of the molecule is CCC(Oc1ccc(C#N)cc1)C(=O)NCc1cccs1. The van der Waals surface area contributed by atoms with Crippen LogP contribution in [0, 0.1) is 11.3 Å². The van der Waals surface area contributed by atoms with Crippen molar-refractivity contribution in [2.24, 2.45) is 0 Å². The average molecular weight is 300 g/mol. The van der Waals surface area contributed by atoms with E-state index in [1.54, 1.807) is 35.6 Å². The van der Waals surface area contributed by atoms with Crippen molar-refractivity contribution in [2.75, 3.05) is 0 Å². The van der Waals surface area contributed by atoms with Crippen molar-refractivity contribution in [1.29, 1.82) is 5.26 Å². The van der Waals surface area contributed by atoms with Gasteiger partial charge in [-0.3, -0.25) is 4.79 Å². The molecule has 0 saturated heterocycles. The molecule has 1 amide bonds. The standard InChI is InChI=1S/C16H16N2O2S/c1-2-15(16(19)18-11-14-4-3-9-21-14)20-13-7-5-12(10-17)6-8-13/h3-9,15H,2,11H2,1H3,(H,18,19). The largest absolute Gasteiger partial charge is 0.481 e. The van der Waals surface area contributed by atoms with Crippen molar-refractivity contribution in [1.82, 2.24) is 5.32 Å². The topological polar surface area (TPSA) is 62.1 Å². The molecule has 1 N–H and O–H groups in total. The third-order valence-corrected chi connectivity index (χ3v) is 3.82. The molecule has 2 rings (SSSR count). The maximum atomic E-state index is 12.1. The van der Waals surface area contributed by atoms with E-state index in [9.17, 15) is 4.79 Å². The minimum atomic E-state index is -0.530. The summed E-state index contributed by atoms with van der Waals surface area (Å²) in [4.78, 5) is 13.2. The molecule has 0 radical (unpaired) electrons. The summed E-state index contributed by atoms with van der Waals surface area (Å²) in [5.74, 6) is 0.461. The van der Waals surface area contributed by atoms with Crippen LogP contribution < -0.4 is 10.1 Å². The first-order valence-electron chi connectivity index (χ1n) is 6.70. The summed E-state index contributed by atoms with van der Waals surface area (Å²) in [5, 5.41) is 13.6. The molecule has 0 spiro atoms. The number of carbonyl (C=O) groups excluding carboxylic acids is 1. The van der Waals surface area contributed by atoms with Crippen LogP contribution in [-0.2, 0) is 11.3 Å². The van der Waals surface area contributed by atoms with Gasteiger partial charge in [0.25, 0.3) is 5.91 Å². The van der Waals surface area contributed by atoms with E-state index < -0.39 is 6.10 Å². The van der Waals surface area contributed by atoms with Crippen molar-refractivity contribution in [2.45, 2.75) is 26.0 Å². The van der Waals surface area contributed by atoms with Gasteiger partial charge in [-0.05, 0) is 42.1 Å². The summed E-state index contributed by atoms with van der Waals surface area (Å²) in [5.41, 5.74) is 0.567. The van der Waals surface area contributed by atoms with Gasteiger partial charge in [-0.2, -0.15) is 5.26 Å². The van der Waals surface area contributed by atoms with Gasteiger partial charge in [0.1, 0.15) is 5.75 Å². The predicted molar refractivity (Wildman–Crippen MR) is 82.0 cm³/mol. The Labute approximate surface area is 128 Å². The van der Waals surface area contributed by atoms with Crippen LogP contribution in [-0.4, -0.2) is 12.0 Å². The Morgan fingerprint density at radius 3 is 2.71 bits per heavy atom. The third kappa shape index (κ3) is 4.33. The van der Waals surface area contributed by atoms with Gasteiger partial charge < -0.3 is 10.1 Å². The van der Waals surface area contributed by atoms with Gasteiger partial charge in [0.05, 0.1) is 18.2 Å². The number of thiophene rings is 1. The lowest BCUT2D eigenvalue weighted by atomic mass is 10.2. The number of benzene rings is 1. The highest BCUT2D eigenvalue weighted by Gasteiger charge is 2.18. The van der Waals surface area contributed by atoms with Crippen LogP contribution in [0.4, 0.5) is 0 Å². The van der Waals surface area contributed by atoms with Crippen LogP contribution in [0.1, 0.15) is 23.8 Å². The summed E-state index contributed by atoms with van der Waals surface area (Å²) in [6, 6.07) is 12.7. The van der Waals surface area contributed by atoms with Crippen molar-refractivity contribution in [3.8, 4) is 11.8 Å². The molecule has 4 nitrogen and oxygen atoms in total. The molecule has 1 unspecified atom stereocenters. The van der Waals surface area contributed by atoms with E-state index in [1.807, 2.05) is 30.5 Å². The lowest BCUT2D eigenvalue weighted by Gasteiger charge is -2.17. The Balaban J connectivity index is 1.91. The zero-order valence-corrected chi connectivity index (χ0v) is 12.5. The molecule has 1 heterocycles. The minimum absolute atomic E-state index is 0.129. The summed E-state index contributed by atoms with van der Waals surface area (Å²) in [6.07, 6.45) is 0.0499. The normalized spacial score (nSPS) is 11.4. The lowest BCUT2D eigenvalue weighted by molar-refractivity contribution is -0.128. The second-order valence-corrected chi connectivity index (χ2v) is 5.48. The van der Waals surface area contributed by atoms with Gasteiger partial charge in [-0.25, -0.2) is 0 Å². The van der Waals surface area contributed by atoms with Crippen LogP contribution in [0.15, 0.2) is 41.8 Å². The Kier molecular flexibility index (Phi) is 5.35. The maximum Gasteiger partial charge on any atom is 0.261 e. The average Bonchev–Trinajstić information content (AvgIpc) is 3.04. The molecule has 108 valence electrons. The van der Waals surface area contributed by atoms with E-state index in [1.165, 1.54) is 0 Å². The highest BCUT2D eigenvalue weighted by molar-refractivity contribution is 7.09. The fraction of sp³-hybridized carbons (Fsp3) is 0.250. The van der Waals surface area contributed by atoms with Crippen LogP contribution in [0.5, 0.6) is 5.75 Å². The Bertz CT molecular complexity index is 615. The molecule has 0 aliphatic heterocycles. The van der Waals surface area contributed by atoms with E-state index in [4.69, 9.17) is 10.00 Å². The highest BCUT2D eigenvalue weighted by atomic mass is 32.1. The van der Waals surface area contributed by atoms with Gasteiger partial charge in [-0.1, -0.05) is 13.0 Å². The highest BCUT2D eigenvalue weighted by Crippen LogP contribution is 2.15. The molecule has 0 aliphatic carbocycles. The van der Waals surface area contributed by atoms with Crippen LogP contribution in [0.3, 0.4) is 0 Å². The second kappa shape index (κ2) is 7.46. The van der Waals surface area contributed by atoms with Crippen molar-refractivity contribution in [3.05, 3.63) is 52.2 Å². The Morgan fingerprint density at radius 2 is 2.14 bits per heavy atom. The minimum Gasteiger partial charge on any atom is -0.481 e. The maximum absolute atomic E-state index is 12.1. The van der Waals surface area contributed by atoms with Gasteiger partial charge in [0, 0.05) is 4.88 Å². The molecule has 21 heavy (non-hydrogen) atoms. The Morgan fingerprint density at radius 1 is 1.38 bits per heavy atom. The van der Waals surface area contributed by atoms with Gasteiger partial charge >= 0.3 is 0 Å². The van der Waals surface area contributed by atoms with Gasteiger partial charge in [0.2, 0.25) is 0 Å². The smallest absolute Gasteiger partial charge is 0.261 e. The molecule has 2 aromatic rings. The number of amides is 1. The molecule has 0 fully saturated rings. The Hall–Kier alpha value is -2.32. The monoisotopic (exact) mass is 300 g/mol. The number of rotatable bonds is 6. The van der Waals surface area contributed by atoms with E-state index in [2.05, 4.69) is 5.32 Å². The first-order valence-corrected chi connectivity index (χ1v) is 7.57. The van der Waals surface area contributed by atoms with E-state index in [0.29, 0.717) is 24.3 Å². The molecule has 1 atom stereocenters. The zero-order valence-electron chi connectivity index (χ0n) is 11.7. The fourth-order valence-electron chi connectivity index (χ4n) is 1.80. The molecule has 0 bridgehead atoms. The lowest BCUT2D eigenvalue weighted by Crippen LogP contribution is -2.37. The van der Waals surface area contributed by atoms with Crippen molar-refractivity contribution in [3.63, 3.8) is 0 Å². The number of hydrogen-bond acceptors (Lipinski definition) is 4. The number of nitriles is 1. The molecule has 0 aliphatic rings. The number of carbonyl (C=O) groups is 1. The number of nitrogens with one attached hydrogen (secondary N) is 1. The molecule has 5 heteroatoms. The van der Waals surface area contributed by atoms with Crippen LogP contribution in [0.25, 0.3) is 0 Å². The first-order chi connectivity index (χ1) is 10.2. The van der Waals surface area contributed by atoms with E-state index in [0.717, 1.165) is 4.88 Å². The summed E-state index contributed by atoms with van der Waals surface area (Å²) < 4.78 is 5.68. The van der Waals surface area contributed by atoms with Crippen LogP contribution >= 0.6 is 11.3 Å². The molecular formula is C16H16N2O2S. The quantitative estimate of drug-likeness (QED) is 0.891. The molecular weight excluding hydrogens is 284 g/mol. The fourth-order valence-corrected chi connectivity index (χ4v) is 2.44. The number of hydrogen-bond donors (Lipinski definition) is 1. The third-order valence-electron chi connectivity index (χ3n) is 2.94. The van der Waals surface area contributed by atoms with E-state index in [-0.39, 0.29) is 5.91 Å². The predicted octanol–water partition coefficient (Wildman–Crippen LogP) is 3.09. The van der Waals surface area contributed by atoms with Crippen LogP contribution in [0.2, 0.25) is 0 Å². The number of nitrogens with zero attached hydrogens (tertiary/aromatic N) is 1. The summed E-state index contributed by atoms with van der Waals surface area (Å²) in [7, 11) is 0. The van der Waals surface area contributed by atoms with E-state index >= 15 is 0 Å². The summed E-state index contributed by atoms with van der Waals surface area (Å²) >= 11 is 1.61. The summed E-state index contributed by atoms with van der Waals surface area (Å²) in [6.45, 7) is 2.42. The molecule has 0 saturated carbocycles. The second-order valence-electron chi connectivity index (χ2n) is 4.45. The van der Waals surface area contributed by atoms with Crippen molar-refractivity contribution < 1.29 is 9.53 Å². The first kappa shape index (κ1) is 15.1. The van der Waals surface area contributed by atoms with Crippen molar-refractivity contribution >= 4 is 17.2 Å². The van der Waals surface area contributed by atoms with Gasteiger partial charge in [-0.15, -0.1) is 11.3 Å². The zero-order chi connectivity index (χ0) is 15.1.